The Balaban J connectivity index is 1.45. The molecule has 232 valence electrons. The summed E-state index contributed by atoms with van der Waals surface area (Å²) in [6, 6.07) is 8.25. The lowest BCUT2D eigenvalue weighted by Crippen LogP contribution is -2.53. The number of hydrogen-bond donors (Lipinski definition) is 6. The second-order valence-electron chi connectivity index (χ2n) is 12.5. The maximum Gasteiger partial charge on any atom is 0.404 e. The number of nitrogens with zero attached hydrogens (tertiary/aromatic N) is 4. The molecule has 1 aromatic carbocycles. The van der Waals surface area contributed by atoms with Gasteiger partial charge in [0, 0.05) is 48.8 Å². The Labute approximate surface area is 251 Å². The van der Waals surface area contributed by atoms with E-state index in [1.54, 1.807) is 10.6 Å². The van der Waals surface area contributed by atoms with Gasteiger partial charge in [-0.1, -0.05) is 19.9 Å². The van der Waals surface area contributed by atoms with Crippen LogP contribution in [0.4, 0.5) is 26.8 Å². The summed E-state index contributed by atoms with van der Waals surface area (Å²) in [5.41, 5.74) is 2.78. The fourth-order valence-corrected chi connectivity index (χ4v) is 5.17. The van der Waals surface area contributed by atoms with Crippen LogP contribution in [0.1, 0.15) is 59.4 Å². The molecule has 0 spiro atoms. The highest BCUT2D eigenvalue weighted by atomic mass is 16.4. The van der Waals surface area contributed by atoms with Crippen LogP contribution >= 0.6 is 0 Å². The van der Waals surface area contributed by atoms with Crippen molar-refractivity contribution in [2.45, 2.75) is 78.0 Å². The molecule has 2 aromatic heterocycles. The van der Waals surface area contributed by atoms with Gasteiger partial charge in [-0.25, -0.2) is 19.1 Å². The number of rotatable bonds is 10. The van der Waals surface area contributed by atoms with E-state index >= 15 is 0 Å². The van der Waals surface area contributed by atoms with Crippen molar-refractivity contribution >= 4 is 40.7 Å². The van der Waals surface area contributed by atoms with Gasteiger partial charge in [0.1, 0.15) is 17.9 Å². The number of urea groups is 1. The summed E-state index contributed by atoms with van der Waals surface area (Å²) in [7, 11) is 0. The first-order chi connectivity index (χ1) is 20.4. The minimum absolute atomic E-state index is 0.0232. The number of carbonyl (C=O) groups is 3. The predicted octanol–water partition coefficient (Wildman–Crippen LogP) is 4.16. The van der Waals surface area contributed by atoms with Crippen LogP contribution in [0.25, 0.3) is 5.52 Å². The van der Waals surface area contributed by atoms with Crippen LogP contribution in [0, 0.1) is 5.92 Å². The maximum atomic E-state index is 13.2. The van der Waals surface area contributed by atoms with Gasteiger partial charge in [-0.3, -0.25) is 9.69 Å². The number of anilines is 3. The van der Waals surface area contributed by atoms with Gasteiger partial charge in [0.25, 0.3) is 0 Å². The normalized spacial score (nSPS) is 15.2. The molecule has 1 aliphatic heterocycles. The number of fused-ring (bicyclic) bond motifs is 1. The van der Waals surface area contributed by atoms with Gasteiger partial charge >= 0.3 is 12.1 Å². The van der Waals surface area contributed by atoms with Crippen molar-refractivity contribution in [2.24, 2.45) is 5.92 Å². The van der Waals surface area contributed by atoms with Gasteiger partial charge in [-0.15, -0.1) is 0 Å². The van der Waals surface area contributed by atoms with E-state index in [-0.39, 0.29) is 23.9 Å². The molecule has 13 nitrogen and oxygen atoms in total. The van der Waals surface area contributed by atoms with E-state index in [9.17, 15) is 14.4 Å². The van der Waals surface area contributed by atoms with E-state index in [4.69, 9.17) is 5.11 Å². The van der Waals surface area contributed by atoms with Crippen LogP contribution < -0.4 is 26.6 Å². The van der Waals surface area contributed by atoms with E-state index in [0.717, 1.165) is 42.7 Å². The topological polar surface area (TPSA) is 165 Å². The van der Waals surface area contributed by atoms with Crippen LogP contribution in [0.5, 0.6) is 0 Å². The minimum Gasteiger partial charge on any atom is -0.465 e. The molecule has 0 bridgehead atoms. The van der Waals surface area contributed by atoms with Gasteiger partial charge < -0.3 is 31.7 Å². The Morgan fingerprint density at radius 3 is 2.49 bits per heavy atom. The smallest absolute Gasteiger partial charge is 0.404 e. The molecule has 43 heavy (non-hydrogen) atoms. The monoisotopic (exact) mass is 593 g/mol. The third-order valence-electron chi connectivity index (χ3n) is 7.06. The first-order valence-corrected chi connectivity index (χ1v) is 14.7. The first kappa shape index (κ1) is 31.5. The lowest BCUT2D eigenvalue weighted by atomic mass is 10.0. The summed E-state index contributed by atoms with van der Waals surface area (Å²) in [6.07, 6.45) is 4.40. The predicted molar refractivity (Wildman–Crippen MR) is 165 cm³/mol. The molecule has 4 amide bonds. The summed E-state index contributed by atoms with van der Waals surface area (Å²) in [4.78, 5) is 43.5. The number of amides is 4. The van der Waals surface area contributed by atoms with Gasteiger partial charge in [0.2, 0.25) is 5.91 Å². The van der Waals surface area contributed by atoms with Crippen molar-refractivity contribution in [3.8, 4) is 0 Å². The zero-order valence-corrected chi connectivity index (χ0v) is 25.5. The van der Waals surface area contributed by atoms with E-state index in [2.05, 4.69) is 41.6 Å². The summed E-state index contributed by atoms with van der Waals surface area (Å²) in [5, 5.41) is 27.9. The molecule has 13 heteroatoms. The second kappa shape index (κ2) is 13.7. The number of piperidine rings is 1. The van der Waals surface area contributed by atoms with E-state index in [0.29, 0.717) is 24.5 Å². The Bertz CT molecular complexity index is 1420. The molecule has 1 saturated heterocycles. The average Bonchev–Trinajstić information content (AvgIpc) is 3.31. The van der Waals surface area contributed by atoms with Crippen molar-refractivity contribution in [3.63, 3.8) is 0 Å². The molecule has 6 N–H and O–H groups in total. The van der Waals surface area contributed by atoms with Crippen molar-refractivity contribution in [3.05, 3.63) is 48.4 Å². The fourth-order valence-electron chi connectivity index (χ4n) is 5.17. The molecule has 3 heterocycles. The van der Waals surface area contributed by atoms with Crippen molar-refractivity contribution in [2.75, 3.05) is 23.7 Å². The van der Waals surface area contributed by atoms with E-state index in [1.807, 2.05) is 65.1 Å². The molecular weight excluding hydrogens is 550 g/mol. The number of benzene rings is 1. The summed E-state index contributed by atoms with van der Waals surface area (Å²) in [6.45, 7) is 11.9. The number of nitrogens with one attached hydrogen (secondary N) is 5. The lowest BCUT2D eigenvalue weighted by Gasteiger charge is -2.31. The first-order valence-electron chi connectivity index (χ1n) is 14.7. The van der Waals surface area contributed by atoms with Gasteiger partial charge in [-0.2, -0.15) is 5.10 Å². The van der Waals surface area contributed by atoms with Crippen molar-refractivity contribution in [1.29, 1.82) is 0 Å². The highest BCUT2D eigenvalue weighted by Gasteiger charge is 2.25. The highest BCUT2D eigenvalue weighted by Crippen LogP contribution is 2.26. The van der Waals surface area contributed by atoms with E-state index in [1.165, 1.54) is 6.33 Å². The molecule has 1 atom stereocenters. The molecule has 0 saturated carbocycles. The summed E-state index contributed by atoms with van der Waals surface area (Å²) < 4.78 is 1.78. The number of carbonyl (C=O) groups excluding carboxylic acids is 2. The number of aromatic nitrogens is 3. The Morgan fingerprint density at radius 2 is 1.81 bits per heavy atom. The third kappa shape index (κ3) is 9.30. The largest absolute Gasteiger partial charge is 0.465 e. The zero-order chi connectivity index (χ0) is 31.1. The molecule has 1 unspecified atom stereocenters. The third-order valence-corrected chi connectivity index (χ3v) is 7.06. The molecule has 0 aliphatic carbocycles. The zero-order valence-electron chi connectivity index (χ0n) is 25.5. The summed E-state index contributed by atoms with van der Waals surface area (Å²) in [5.74, 6) is 0.525. The van der Waals surface area contributed by atoms with Gasteiger partial charge in [0.05, 0.1) is 0 Å². The number of likely N-dealkylation sites (tertiary alicyclic amines) is 1. The Kier molecular flexibility index (Phi) is 10.1. The second-order valence-corrected chi connectivity index (χ2v) is 12.5. The molecule has 1 aliphatic rings. The lowest BCUT2D eigenvalue weighted by molar-refractivity contribution is -0.118. The van der Waals surface area contributed by atoms with Crippen LogP contribution in [-0.4, -0.2) is 73.3 Å². The minimum atomic E-state index is -0.982. The SMILES string of the molecule is CC(C)CC(NC(=O)NC(C)(C)C)C(=O)Nc1cccc(Nc2ncnn3ccc(CN4CCC(NC(=O)O)CC4)c23)c1. The van der Waals surface area contributed by atoms with E-state index < -0.39 is 17.7 Å². The van der Waals surface area contributed by atoms with Gasteiger partial charge in [-0.05, 0) is 75.8 Å². The Hall–Kier alpha value is -4.39. The quantitative estimate of drug-likeness (QED) is 0.204. The standard InChI is InChI=1S/C30H43N9O4/c1-19(2)15-24(36-28(41)37-30(3,4)5)27(40)34-23-8-6-7-22(16-23)33-26-25-20(9-14-39(25)32-18-31-26)17-38-12-10-21(11-13-38)35-29(42)43/h6-9,14,16,18-19,21,24,35H,10-13,15,17H2,1-5H3,(H,34,40)(H,42,43)(H,31,32,33)(H2,36,37,41). The molecule has 4 rings (SSSR count). The van der Waals surface area contributed by atoms with Crippen LogP contribution in [-0.2, 0) is 11.3 Å². The average molecular weight is 594 g/mol. The highest BCUT2D eigenvalue weighted by molar-refractivity contribution is 5.97. The molecule has 0 radical (unpaired) electrons. The number of carboxylic acid groups (broad SMARTS) is 1. The van der Waals surface area contributed by atoms with Crippen LogP contribution in [0.2, 0.25) is 0 Å². The van der Waals surface area contributed by atoms with Crippen molar-refractivity contribution < 1.29 is 19.5 Å². The molecule has 3 aromatic rings. The fraction of sp³-hybridized carbons (Fsp3) is 0.500. The van der Waals surface area contributed by atoms with Crippen molar-refractivity contribution in [1.82, 2.24) is 35.4 Å². The molecule has 1 fully saturated rings. The Morgan fingerprint density at radius 1 is 1.09 bits per heavy atom. The maximum absolute atomic E-state index is 13.2. The summed E-state index contributed by atoms with van der Waals surface area (Å²) >= 11 is 0. The molecular formula is C30H43N9O4. The van der Waals surface area contributed by atoms with Crippen LogP contribution in [0.3, 0.4) is 0 Å². The number of hydrogen-bond acceptors (Lipinski definition) is 7. The van der Waals surface area contributed by atoms with Crippen LogP contribution in [0.15, 0.2) is 42.9 Å². The van der Waals surface area contributed by atoms with Gasteiger partial charge in [0.15, 0.2) is 5.82 Å².